The first-order valence-corrected chi connectivity index (χ1v) is 7.71. The summed E-state index contributed by atoms with van der Waals surface area (Å²) in [7, 11) is 0. The fourth-order valence-electron chi connectivity index (χ4n) is 1.84. The highest BCUT2D eigenvalue weighted by Gasteiger charge is 2.15. The maximum absolute atomic E-state index is 12.0. The van der Waals surface area contributed by atoms with Crippen LogP contribution in [0.15, 0.2) is 46.2 Å². The summed E-state index contributed by atoms with van der Waals surface area (Å²) in [6.07, 6.45) is 0. The molecule has 2 heterocycles. The zero-order valence-electron chi connectivity index (χ0n) is 11.6. The Labute approximate surface area is 139 Å². The van der Waals surface area contributed by atoms with Crippen molar-refractivity contribution in [2.24, 2.45) is 5.73 Å². The van der Waals surface area contributed by atoms with E-state index >= 15 is 0 Å². The van der Waals surface area contributed by atoms with E-state index in [0.29, 0.717) is 10.2 Å². The number of amides is 2. The van der Waals surface area contributed by atoms with Gasteiger partial charge in [0.05, 0.1) is 5.69 Å². The van der Waals surface area contributed by atoms with Gasteiger partial charge < -0.3 is 10.2 Å². The zero-order chi connectivity index (χ0) is 16.4. The molecule has 3 N–H and O–H groups in total. The minimum Gasteiger partial charge on any atom is -0.446 e. The van der Waals surface area contributed by atoms with Gasteiger partial charge >= 0.3 is 0 Å². The Morgan fingerprint density at radius 1 is 1.13 bits per heavy atom. The van der Waals surface area contributed by atoms with Crippen molar-refractivity contribution in [1.82, 2.24) is 4.98 Å². The molecule has 0 fully saturated rings. The van der Waals surface area contributed by atoms with Gasteiger partial charge in [-0.3, -0.25) is 14.9 Å². The van der Waals surface area contributed by atoms with Crippen LogP contribution in [0.1, 0.15) is 21.1 Å². The second kappa shape index (κ2) is 6.23. The molecule has 1 aromatic carbocycles. The maximum Gasteiger partial charge on any atom is 0.293 e. The monoisotopic (exact) mass is 347 g/mol. The third-order valence-corrected chi connectivity index (χ3v) is 3.95. The van der Waals surface area contributed by atoms with Gasteiger partial charge in [0, 0.05) is 16.0 Å². The number of furan rings is 1. The largest absolute Gasteiger partial charge is 0.446 e. The van der Waals surface area contributed by atoms with Crippen LogP contribution in [0, 0.1) is 0 Å². The van der Waals surface area contributed by atoms with Crippen molar-refractivity contribution in [2.75, 3.05) is 5.32 Å². The smallest absolute Gasteiger partial charge is 0.293 e. The van der Waals surface area contributed by atoms with Crippen LogP contribution in [-0.4, -0.2) is 16.8 Å². The lowest BCUT2D eigenvalue weighted by atomic mass is 10.2. The maximum atomic E-state index is 12.0. The van der Waals surface area contributed by atoms with E-state index in [1.54, 1.807) is 12.1 Å². The molecule has 116 valence electrons. The Balaban J connectivity index is 1.74. The molecule has 0 atom stereocenters. The van der Waals surface area contributed by atoms with Crippen LogP contribution in [-0.2, 0) is 0 Å². The fraction of sp³-hybridized carbons (Fsp3) is 0. The average Bonchev–Trinajstić information content (AvgIpc) is 3.17. The van der Waals surface area contributed by atoms with Crippen molar-refractivity contribution in [1.29, 1.82) is 0 Å². The van der Waals surface area contributed by atoms with Crippen LogP contribution in [0.4, 0.5) is 5.13 Å². The lowest BCUT2D eigenvalue weighted by molar-refractivity contribution is 0.0960. The number of hydrogen-bond acceptors (Lipinski definition) is 5. The molecule has 8 heteroatoms. The van der Waals surface area contributed by atoms with Crippen LogP contribution in [0.3, 0.4) is 0 Å². The molecule has 2 aromatic heterocycles. The van der Waals surface area contributed by atoms with E-state index in [4.69, 9.17) is 21.8 Å². The van der Waals surface area contributed by atoms with Gasteiger partial charge in [0.15, 0.2) is 16.7 Å². The van der Waals surface area contributed by atoms with E-state index in [2.05, 4.69) is 10.3 Å². The van der Waals surface area contributed by atoms with Gasteiger partial charge in [-0.1, -0.05) is 23.7 Å². The van der Waals surface area contributed by atoms with Gasteiger partial charge in [-0.15, -0.1) is 11.3 Å². The number of carbonyl (C=O) groups is 2. The Morgan fingerprint density at radius 3 is 2.48 bits per heavy atom. The number of halogens is 1. The lowest BCUT2D eigenvalue weighted by Crippen LogP contribution is -2.12. The first-order valence-electron chi connectivity index (χ1n) is 6.45. The summed E-state index contributed by atoms with van der Waals surface area (Å²) in [5, 5.41) is 5.48. The number of nitrogens with one attached hydrogen (secondary N) is 1. The lowest BCUT2D eigenvalue weighted by Gasteiger charge is -1.98. The number of primary amides is 1. The highest BCUT2D eigenvalue weighted by atomic mass is 35.5. The Morgan fingerprint density at radius 2 is 1.83 bits per heavy atom. The summed E-state index contributed by atoms with van der Waals surface area (Å²) < 4.78 is 5.06. The Bertz CT molecular complexity index is 870. The number of thiazole rings is 1. The first-order chi connectivity index (χ1) is 11.0. The molecule has 3 rings (SSSR count). The predicted octanol–water partition coefficient (Wildman–Crippen LogP) is 3.41. The molecule has 3 aromatic rings. The van der Waals surface area contributed by atoms with Crippen molar-refractivity contribution >= 4 is 39.9 Å². The van der Waals surface area contributed by atoms with Crippen molar-refractivity contribution in [2.45, 2.75) is 0 Å². The summed E-state index contributed by atoms with van der Waals surface area (Å²) in [6.45, 7) is 0. The highest BCUT2D eigenvalue weighted by Crippen LogP contribution is 2.26. The summed E-state index contributed by atoms with van der Waals surface area (Å²) >= 11 is 7.12. The van der Waals surface area contributed by atoms with Crippen LogP contribution in [0.2, 0.25) is 5.02 Å². The second-order valence-electron chi connectivity index (χ2n) is 4.53. The second-order valence-corrected chi connectivity index (χ2v) is 5.82. The Kier molecular flexibility index (Phi) is 4.14. The molecule has 0 bridgehead atoms. The van der Waals surface area contributed by atoms with E-state index in [1.165, 1.54) is 23.5 Å². The zero-order valence-corrected chi connectivity index (χ0v) is 13.1. The normalized spacial score (nSPS) is 10.5. The van der Waals surface area contributed by atoms with E-state index in [0.717, 1.165) is 11.3 Å². The number of aromatic nitrogens is 1. The number of nitrogens with zero attached hydrogens (tertiary/aromatic N) is 1. The summed E-state index contributed by atoms with van der Waals surface area (Å²) in [5.41, 5.74) is 6.68. The Hall–Kier alpha value is -2.64. The van der Waals surface area contributed by atoms with Gasteiger partial charge in [-0.2, -0.15) is 0 Å². The molecule has 0 aliphatic rings. The number of benzene rings is 1. The van der Waals surface area contributed by atoms with Gasteiger partial charge in [-0.25, -0.2) is 4.98 Å². The summed E-state index contributed by atoms with van der Waals surface area (Å²) in [4.78, 5) is 27.3. The highest BCUT2D eigenvalue weighted by molar-refractivity contribution is 7.14. The molecule has 0 radical (unpaired) electrons. The molecule has 0 aliphatic heterocycles. The minimum atomic E-state index is -0.733. The van der Waals surface area contributed by atoms with Crippen molar-refractivity contribution in [3.05, 3.63) is 58.3 Å². The van der Waals surface area contributed by atoms with Crippen LogP contribution < -0.4 is 11.1 Å². The van der Waals surface area contributed by atoms with E-state index in [-0.39, 0.29) is 11.5 Å². The molecule has 0 unspecified atom stereocenters. The molecule has 0 saturated heterocycles. The average molecular weight is 348 g/mol. The number of hydrogen-bond donors (Lipinski definition) is 2. The summed E-state index contributed by atoms with van der Waals surface area (Å²) in [5.74, 6) is -1.32. The molecular formula is C15H10ClN3O3S. The summed E-state index contributed by atoms with van der Waals surface area (Å²) in [6, 6.07) is 9.94. The third kappa shape index (κ3) is 3.41. The number of anilines is 1. The number of nitrogens with two attached hydrogens (primary N) is 1. The molecule has 0 spiro atoms. The molecule has 23 heavy (non-hydrogen) atoms. The van der Waals surface area contributed by atoms with E-state index in [9.17, 15) is 9.59 Å². The van der Waals surface area contributed by atoms with Crippen LogP contribution in [0.25, 0.3) is 11.3 Å². The van der Waals surface area contributed by atoms with E-state index in [1.807, 2.05) is 17.5 Å². The molecule has 2 amide bonds. The van der Waals surface area contributed by atoms with Gasteiger partial charge in [-0.05, 0) is 24.3 Å². The minimum absolute atomic E-state index is 0.0120. The third-order valence-electron chi connectivity index (χ3n) is 2.94. The standard InChI is InChI=1S/C15H10ClN3O3S/c16-9-3-1-8(2-4-9)10-7-23-15(18-10)19-14(21)12-6-5-11(22-12)13(17)20/h1-7H,(H2,17,20)(H,18,19,21). The molecule has 6 nitrogen and oxygen atoms in total. The van der Waals surface area contributed by atoms with Crippen molar-refractivity contribution in [3.8, 4) is 11.3 Å². The van der Waals surface area contributed by atoms with Crippen molar-refractivity contribution in [3.63, 3.8) is 0 Å². The van der Waals surface area contributed by atoms with Gasteiger partial charge in [0.1, 0.15) is 0 Å². The van der Waals surface area contributed by atoms with Gasteiger partial charge in [0.2, 0.25) is 0 Å². The number of carbonyl (C=O) groups excluding carboxylic acids is 2. The predicted molar refractivity (Wildman–Crippen MR) is 87.7 cm³/mol. The van der Waals surface area contributed by atoms with Gasteiger partial charge in [0.25, 0.3) is 11.8 Å². The van der Waals surface area contributed by atoms with Crippen LogP contribution >= 0.6 is 22.9 Å². The first kappa shape index (κ1) is 15.3. The fourth-order valence-corrected chi connectivity index (χ4v) is 2.68. The quantitative estimate of drug-likeness (QED) is 0.755. The van der Waals surface area contributed by atoms with Crippen LogP contribution in [0.5, 0.6) is 0 Å². The number of rotatable bonds is 4. The molecule has 0 aliphatic carbocycles. The van der Waals surface area contributed by atoms with E-state index < -0.39 is 11.8 Å². The topological polar surface area (TPSA) is 98.2 Å². The molecular weight excluding hydrogens is 338 g/mol. The molecule has 0 saturated carbocycles. The van der Waals surface area contributed by atoms with Crippen molar-refractivity contribution < 1.29 is 14.0 Å². The SMILES string of the molecule is NC(=O)c1ccc(C(=O)Nc2nc(-c3ccc(Cl)cc3)cs2)o1.